The van der Waals surface area contributed by atoms with E-state index in [-0.39, 0.29) is 19.4 Å². The molecule has 0 aromatic rings. The highest BCUT2D eigenvalue weighted by Gasteiger charge is 2.15. The van der Waals surface area contributed by atoms with Crippen LogP contribution in [0.2, 0.25) is 0 Å². The normalized spacial score (nSPS) is 11.6. The molecule has 0 rings (SSSR count). The van der Waals surface area contributed by atoms with Crippen LogP contribution in [0.4, 0.5) is 0 Å². The first kappa shape index (κ1) is 12.6. The minimum atomic E-state index is -0.783. The summed E-state index contributed by atoms with van der Waals surface area (Å²) in [6, 6.07) is -0.783. The lowest BCUT2D eigenvalue weighted by Crippen LogP contribution is -2.32. The summed E-state index contributed by atoms with van der Waals surface area (Å²) >= 11 is 0. The zero-order valence-electron chi connectivity index (χ0n) is 8.19. The van der Waals surface area contributed by atoms with Gasteiger partial charge in [-0.1, -0.05) is 12.7 Å². The number of hydrogen-bond donors (Lipinski definition) is 1. The van der Waals surface area contributed by atoms with Gasteiger partial charge >= 0.3 is 11.9 Å². The van der Waals surface area contributed by atoms with Crippen molar-refractivity contribution in [2.45, 2.75) is 18.9 Å². The molecule has 0 spiro atoms. The molecule has 0 aromatic carbocycles. The molecule has 0 aliphatic rings. The summed E-state index contributed by atoms with van der Waals surface area (Å²) in [5.41, 5.74) is 5.44. The average molecular weight is 201 g/mol. The van der Waals surface area contributed by atoms with Crippen molar-refractivity contribution in [3.05, 3.63) is 12.7 Å². The Morgan fingerprint density at radius 3 is 2.71 bits per heavy atom. The van der Waals surface area contributed by atoms with Crippen molar-refractivity contribution < 1.29 is 19.1 Å². The molecule has 0 heterocycles. The molecule has 0 saturated carbocycles. The zero-order valence-corrected chi connectivity index (χ0v) is 8.19. The Labute approximate surface area is 82.9 Å². The lowest BCUT2D eigenvalue weighted by Gasteiger charge is -2.09. The van der Waals surface area contributed by atoms with Gasteiger partial charge in [-0.2, -0.15) is 0 Å². The summed E-state index contributed by atoms with van der Waals surface area (Å²) in [5, 5.41) is 0. The van der Waals surface area contributed by atoms with Crippen LogP contribution in [0.1, 0.15) is 12.8 Å². The summed E-state index contributed by atoms with van der Waals surface area (Å²) in [6.07, 6.45) is 1.79. The highest BCUT2D eigenvalue weighted by atomic mass is 16.5. The highest BCUT2D eigenvalue weighted by Crippen LogP contribution is 1.98. The number of nitrogens with two attached hydrogens (primary N) is 1. The fourth-order valence-electron chi connectivity index (χ4n) is 0.741. The number of esters is 2. The molecule has 5 nitrogen and oxygen atoms in total. The van der Waals surface area contributed by atoms with E-state index in [1.165, 1.54) is 13.2 Å². The Balaban J connectivity index is 3.71. The van der Waals surface area contributed by atoms with Crippen molar-refractivity contribution in [1.29, 1.82) is 0 Å². The van der Waals surface area contributed by atoms with E-state index < -0.39 is 18.0 Å². The largest absolute Gasteiger partial charge is 0.469 e. The van der Waals surface area contributed by atoms with E-state index in [1.807, 2.05) is 0 Å². The van der Waals surface area contributed by atoms with Gasteiger partial charge in [0.1, 0.15) is 12.6 Å². The lowest BCUT2D eigenvalue weighted by atomic mass is 10.2. The molecule has 0 fully saturated rings. The van der Waals surface area contributed by atoms with E-state index in [0.29, 0.717) is 0 Å². The number of ether oxygens (including phenoxy) is 2. The van der Waals surface area contributed by atoms with Crippen molar-refractivity contribution in [2.75, 3.05) is 13.7 Å². The molecule has 2 N–H and O–H groups in total. The van der Waals surface area contributed by atoms with Gasteiger partial charge in [-0.05, 0) is 6.42 Å². The van der Waals surface area contributed by atoms with E-state index in [0.717, 1.165) is 0 Å². The van der Waals surface area contributed by atoms with Crippen LogP contribution in [-0.2, 0) is 19.1 Å². The fourth-order valence-corrected chi connectivity index (χ4v) is 0.741. The summed E-state index contributed by atoms with van der Waals surface area (Å²) in [4.78, 5) is 21.8. The second-order valence-electron chi connectivity index (χ2n) is 2.64. The fraction of sp³-hybridized carbons (Fsp3) is 0.556. The first-order chi connectivity index (χ1) is 6.61. The lowest BCUT2D eigenvalue weighted by molar-refractivity contribution is -0.145. The predicted octanol–water partition coefficient (Wildman–Crippen LogP) is -0.00390. The SMILES string of the molecule is C=CCOC(=O)[C@@H](N)CCC(=O)OC. The Morgan fingerprint density at radius 2 is 2.21 bits per heavy atom. The van der Waals surface area contributed by atoms with Crippen LogP contribution in [0.3, 0.4) is 0 Å². The summed E-state index contributed by atoms with van der Waals surface area (Å²) in [5.74, 6) is -0.925. The molecule has 0 saturated heterocycles. The Hall–Kier alpha value is -1.36. The Morgan fingerprint density at radius 1 is 1.57 bits per heavy atom. The maximum absolute atomic E-state index is 11.1. The van der Waals surface area contributed by atoms with E-state index in [1.54, 1.807) is 0 Å². The summed E-state index contributed by atoms with van der Waals surface area (Å²) < 4.78 is 9.08. The van der Waals surface area contributed by atoms with Gasteiger partial charge in [0.2, 0.25) is 0 Å². The first-order valence-corrected chi connectivity index (χ1v) is 4.21. The summed E-state index contributed by atoms with van der Waals surface area (Å²) in [7, 11) is 1.28. The molecule has 0 unspecified atom stereocenters. The van der Waals surface area contributed by atoms with E-state index in [9.17, 15) is 9.59 Å². The van der Waals surface area contributed by atoms with E-state index in [4.69, 9.17) is 5.73 Å². The molecular weight excluding hydrogens is 186 g/mol. The Bertz CT molecular complexity index is 215. The third-order valence-corrected chi connectivity index (χ3v) is 1.53. The van der Waals surface area contributed by atoms with Crippen LogP contribution in [-0.4, -0.2) is 31.7 Å². The van der Waals surface area contributed by atoms with Crippen LogP contribution >= 0.6 is 0 Å². The maximum atomic E-state index is 11.1. The standard InChI is InChI=1S/C9H15NO4/c1-3-6-14-9(12)7(10)4-5-8(11)13-2/h3,7H,1,4-6,10H2,2H3/t7-/m0/s1. The van der Waals surface area contributed by atoms with Gasteiger partial charge in [0.15, 0.2) is 0 Å². The number of carbonyl (C=O) groups is 2. The molecule has 0 amide bonds. The van der Waals surface area contributed by atoms with Crippen LogP contribution < -0.4 is 5.73 Å². The third kappa shape index (κ3) is 5.31. The monoisotopic (exact) mass is 201 g/mol. The third-order valence-electron chi connectivity index (χ3n) is 1.53. The molecule has 0 aromatic heterocycles. The molecule has 80 valence electrons. The predicted molar refractivity (Wildman–Crippen MR) is 50.4 cm³/mol. The van der Waals surface area contributed by atoms with Crippen molar-refractivity contribution in [2.24, 2.45) is 5.73 Å². The molecule has 0 aliphatic heterocycles. The van der Waals surface area contributed by atoms with Crippen molar-refractivity contribution >= 4 is 11.9 Å². The zero-order chi connectivity index (χ0) is 11.0. The quantitative estimate of drug-likeness (QED) is 0.483. The molecule has 0 bridgehead atoms. The van der Waals surface area contributed by atoms with E-state index >= 15 is 0 Å². The average Bonchev–Trinajstić information content (AvgIpc) is 2.21. The van der Waals surface area contributed by atoms with Gasteiger partial charge in [0, 0.05) is 6.42 Å². The maximum Gasteiger partial charge on any atom is 0.323 e. The molecular formula is C9H15NO4. The minimum Gasteiger partial charge on any atom is -0.469 e. The smallest absolute Gasteiger partial charge is 0.323 e. The number of rotatable bonds is 6. The molecule has 1 atom stereocenters. The molecule has 0 radical (unpaired) electrons. The van der Waals surface area contributed by atoms with Gasteiger partial charge < -0.3 is 15.2 Å². The van der Waals surface area contributed by atoms with Crippen molar-refractivity contribution in [3.63, 3.8) is 0 Å². The topological polar surface area (TPSA) is 78.6 Å². The number of carbonyl (C=O) groups excluding carboxylic acids is 2. The Kier molecular flexibility index (Phi) is 6.39. The first-order valence-electron chi connectivity index (χ1n) is 4.21. The van der Waals surface area contributed by atoms with Gasteiger partial charge in [-0.25, -0.2) is 0 Å². The van der Waals surface area contributed by atoms with E-state index in [2.05, 4.69) is 16.1 Å². The molecule has 5 heteroatoms. The molecule has 0 aliphatic carbocycles. The van der Waals surface area contributed by atoms with Gasteiger partial charge in [-0.3, -0.25) is 9.59 Å². The van der Waals surface area contributed by atoms with Crippen molar-refractivity contribution in [3.8, 4) is 0 Å². The number of methoxy groups -OCH3 is 1. The van der Waals surface area contributed by atoms with Crippen LogP contribution in [0.25, 0.3) is 0 Å². The second-order valence-corrected chi connectivity index (χ2v) is 2.64. The summed E-state index contributed by atoms with van der Waals surface area (Å²) in [6.45, 7) is 3.52. The van der Waals surface area contributed by atoms with Crippen LogP contribution in [0.5, 0.6) is 0 Å². The van der Waals surface area contributed by atoms with Gasteiger partial charge in [0.25, 0.3) is 0 Å². The molecule has 14 heavy (non-hydrogen) atoms. The van der Waals surface area contributed by atoms with Crippen LogP contribution in [0.15, 0.2) is 12.7 Å². The number of hydrogen-bond acceptors (Lipinski definition) is 5. The van der Waals surface area contributed by atoms with Crippen LogP contribution in [0, 0.1) is 0 Å². The van der Waals surface area contributed by atoms with Gasteiger partial charge in [0.05, 0.1) is 7.11 Å². The minimum absolute atomic E-state index is 0.112. The van der Waals surface area contributed by atoms with Crippen molar-refractivity contribution in [1.82, 2.24) is 0 Å². The highest BCUT2D eigenvalue weighted by molar-refractivity contribution is 5.77. The van der Waals surface area contributed by atoms with Gasteiger partial charge in [-0.15, -0.1) is 0 Å². The second kappa shape index (κ2) is 7.08.